The Hall–Kier alpha value is -1.47. The SMILES string of the molecule is FC(F)(F)c1cnc(N2CC=C(N3CCOCC3)CC2)c(Cl)c1. The minimum atomic E-state index is -4.43. The van der Waals surface area contributed by atoms with E-state index in [1.165, 1.54) is 5.70 Å². The van der Waals surface area contributed by atoms with Crippen LogP contribution in [0.15, 0.2) is 24.0 Å². The molecule has 0 atom stereocenters. The van der Waals surface area contributed by atoms with E-state index >= 15 is 0 Å². The van der Waals surface area contributed by atoms with Crippen LogP contribution in [0, 0.1) is 0 Å². The molecule has 3 rings (SSSR count). The first-order chi connectivity index (χ1) is 10.9. The summed E-state index contributed by atoms with van der Waals surface area (Å²) in [5.41, 5.74) is 0.431. The Morgan fingerprint density at radius 1 is 1.13 bits per heavy atom. The van der Waals surface area contributed by atoms with E-state index in [0.717, 1.165) is 45.0 Å². The van der Waals surface area contributed by atoms with Crippen molar-refractivity contribution in [2.75, 3.05) is 44.3 Å². The van der Waals surface area contributed by atoms with Crippen molar-refractivity contribution in [1.29, 1.82) is 0 Å². The van der Waals surface area contributed by atoms with Crippen molar-refractivity contribution in [2.45, 2.75) is 12.6 Å². The van der Waals surface area contributed by atoms with E-state index in [4.69, 9.17) is 16.3 Å². The van der Waals surface area contributed by atoms with Gasteiger partial charge in [-0.2, -0.15) is 13.2 Å². The lowest BCUT2D eigenvalue weighted by Gasteiger charge is -2.36. The average molecular weight is 348 g/mol. The maximum Gasteiger partial charge on any atom is 0.417 e. The highest BCUT2D eigenvalue weighted by atomic mass is 35.5. The van der Waals surface area contributed by atoms with Crippen molar-refractivity contribution < 1.29 is 17.9 Å². The Labute approximate surface area is 137 Å². The molecule has 0 spiro atoms. The summed E-state index contributed by atoms with van der Waals surface area (Å²) in [7, 11) is 0. The number of aromatic nitrogens is 1. The summed E-state index contributed by atoms with van der Waals surface area (Å²) in [6.07, 6.45) is -0.688. The molecule has 126 valence electrons. The molecule has 0 aliphatic carbocycles. The summed E-state index contributed by atoms with van der Waals surface area (Å²) >= 11 is 6.00. The minimum Gasteiger partial charge on any atom is -0.378 e. The van der Waals surface area contributed by atoms with E-state index in [-0.39, 0.29) is 5.02 Å². The van der Waals surface area contributed by atoms with Crippen molar-refractivity contribution in [1.82, 2.24) is 9.88 Å². The van der Waals surface area contributed by atoms with Gasteiger partial charge in [0.25, 0.3) is 0 Å². The monoisotopic (exact) mass is 347 g/mol. The third-order valence-electron chi connectivity index (χ3n) is 4.05. The fourth-order valence-corrected chi connectivity index (χ4v) is 3.09. The largest absolute Gasteiger partial charge is 0.417 e. The predicted octanol–water partition coefficient (Wildman–Crippen LogP) is 3.18. The first kappa shape index (κ1) is 16.4. The van der Waals surface area contributed by atoms with Crippen LogP contribution in [0.3, 0.4) is 0 Å². The minimum absolute atomic E-state index is 0.0306. The molecular weight excluding hydrogens is 331 g/mol. The number of halogens is 4. The summed E-state index contributed by atoms with van der Waals surface area (Å²) in [5, 5.41) is 0.0306. The van der Waals surface area contributed by atoms with E-state index in [0.29, 0.717) is 18.9 Å². The molecule has 0 radical (unpaired) electrons. The third kappa shape index (κ3) is 3.72. The lowest BCUT2D eigenvalue weighted by atomic mass is 10.1. The molecule has 23 heavy (non-hydrogen) atoms. The maximum atomic E-state index is 12.7. The number of ether oxygens (including phenoxy) is 1. The lowest BCUT2D eigenvalue weighted by molar-refractivity contribution is -0.137. The standard InChI is InChI=1S/C15H17ClF3N3O/c16-13-9-11(15(17,18)19)10-20-14(13)22-3-1-12(2-4-22)21-5-7-23-8-6-21/h1,9-10H,2-8H2. The van der Waals surface area contributed by atoms with Gasteiger partial charge in [-0.1, -0.05) is 11.6 Å². The van der Waals surface area contributed by atoms with Crippen LogP contribution in [0.25, 0.3) is 0 Å². The second kappa shape index (κ2) is 6.57. The smallest absolute Gasteiger partial charge is 0.378 e. The number of rotatable bonds is 2. The van der Waals surface area contributed by atoms with Crippen LogP contribution in [-0.2, 0) is 10.9 Å². The quantitative estimate of drug-likeness (QED) is 0.821. The zero-order valence-corrected chi connectivity index (χ0v) is 13.2. The van der Waals surface area contributed by atoms with Gasteiger partial charge in [-0.15, -0.1) is 0 Å². The molecule has 1 aromatic heterocycles. The molecule has 2 aliphatic heterocycles. The van der Waals surface area contributed by atoms with Crippen molar-refractivity contribution >= 4 is 17.4 Å². The highest BCUT2D eigenvalue weighted by Gasteiger charge is 2.32. The number of morpholine rings is 1. The van der Waals surface area contributed by atoms with E-state index in [1.807, 2.05) is 4.90 Å². The maximum absolute atomic E-state index is 12.7. The Kier molecular flexibility index (Phi) is 4.68. The Morgan fingerprint density at radius 2 is 1.87 bits per heavy atom. The van der Waals surface area contributed by atoms with Gasteiger partial charge in [0.05, 0.1) is 23.8 Å². The molecule has 0 unspecified atom stereocenters. The van der Waals surface area contributed by atoms with Crippen molar-refractivity contribution in [3.8, 4) is 0 Å². The van der Waals surface area contributed by atoms with Gasteiger partial charge in [0.15, 0.2) is 0 Å². The van der Waals surface area contributed by atoms with Crippen LogP contribution >= 0.6 is 11.6 Å². The number of alkyl halides is 3. The van der Waals surface area contributed by atoms with E-state index in [2.05, 4.69) is 16.0 Å². The Morgan fingerprint density at radius 3 is 2.43 bits per heavy atom. The zero-order chi connectivity index (χ0) is 16.4. The van der Waals surface area contributed by atoms with Gasteiger partial charge in [0.2, 0.25) is 0 Å². The fraction of sp³-hybridized carbons (Fsp3) is 0.533. The van der Waals surface area contributed by atoms with Crippen LogP contribution in [-0.4, -0.2) is 49.3 Å². The molecule has 0 aromatic carbocycles. The summed E-state index contributed by atoms with van der Waals surface area (Å²) in [6.45, 7) is 4.49. The molecule has 0 bridgehead atoms. The van der Waals surface area contributed by atoms with Gasteiger partial charge in [0.1, 0.15) is 5.82 Å². The van der Waals surface area contributed by atoms with Gasteiger partial charge in [0, 0.05) is 44.5 Å². The molecule has 2 aliphatic rings. The summed E-state index contributed by atoms with van der Waals surface area (Å²) < 4.78 is 43.3. The predicted molar refractivity (Wildman–Crippen MR) is 81.6 cm³/mol. The van der Waals surface area contributed by atoms with Gasteiger partial charge < -0.3 is 14.5 Å². The van der Waals surface area contributed by atoms with Crippen LogP contribution in [0.5, 0.6) is 0 Å². The second-order valence-corrected chi connectivity index (χ2v) is 5.93. The number of nitrogens with zero attached hydrogens (tertiary/aromatic N) is 3. The highest BCUT2D eigenvalue weighted by Crippen LogP contribution is 2.34. The van der Waals surface area contributed by atoms with Gasteiger partial charge >= 0.3 is 6.18 Å². The second-order valence-electron chi connectivity index (χ2n) is 5.52. The van der Waals surface area contributed by atoms with Crippen LogP contribution < -0.4 is 4.90 Å². The first-order valence-corrected chi connectivity index (χ1v) is 7.82. The number of hydrogen-bond donors (Lipinski definition) is 0. The molecule has 1 aromatic rings. The van der Waals surface area contributed by atoms with Crippen molar-refractivity contribution in [3.05, 3.63) is 34.6 Å². The van der Waals surface area contributed by atoms with Crippen molar-refractivity contribution in [2.24, 2.45) is 0 Å². The van der Waals surface area contributed by atoms with Gasteiger partial charge in [-0.3, -0.25) is 0 Å². The lowest BCUT2D eigenvalue weighted by Crippen LogP contribution is -2.39. The van der Waals surface area contributed by atoms with E-state index in [1.54, 1.807) is 0 Å². The normalized spacial score (nSPS) is 19.7. The first-order valence-electron chi connectivity index (χ1n) is 7.44. The summed E-state index contributed by atoms with van der Waals surface area (Å²) in [4.78, 5) is 8.11. The highest BCUT2D eigenvalue weighted by molar-refractivity contribution is 6.33. The molecule has 4 nitrogen and oxygen atoms in total. The Bertz CT molecular complexity index is 600. The van der Waals surface area contributed by atoms with Crippen LogP contribution in [0.4, 0.5) is 19.0 Å². The van der Waals surface area contributed by atoms with E-state index in [9.17, 15) is 13.2 Å². The number of anilines is 1. The number of hydrogen-bond acceptors (Lipinski definition) is 4. The molecular formula is C15H17ClF3N3O. The molecule has 1 saturated heterocycles. The zero-order valence-electron chi connectivity index (χ0n) is 12.4. The van der Waals surface area contributed by atoms with Crippen LogP contribution in [0.2, 0.25) is 5.02 Å². The average Bonchev–Trinajstić information content (AvgIpc) is 2.55. The fourth-order valence-electron chi connectivity index (χ4n) is 2.81. The summed E-state index contributed by atoms with van der Waals surface area (Å²) in [6, 6.07) is 0.936. The van der Waals surface area contributed by atoms with Gasteiger partial charge in [-0.25, -0.2) is 4.98 Å². The van der Waals surface area contributed by atoms with Crippen molar-refractivity contribution in [3.63, 3.8) is 0 Å². The van der Waals surface area contributed by atoms with Gasteiger partial charge in [-0.05, 0) is 12.1 Å². The molecule has 0 amide bonds. The molecule has 0 N–H and O–H groups in total. The molecule has 3 heterocycles. The topological polar surface area (TPSA) is 28.6 Å². The van der Waals surface area contributed by atoms with E-state index < -0.39 is 11.7 Å². The Balaban J connectivity index is 1.71. The summed E-state index contributed by atoms with van der Waals surface area (Å²) in [5.74, 6) is 0.400. The molecule has 0 saturated carbocycles. The molecule has 1 fully saturated rings. The third-order valence-corrected chi connectivity index (χ3v) is 4.33. The van der Waals surface area contributed by atoms with Crippen LogP contribution in [0.1, 0.15) is 12.0 Å². The molecule has 8 heteroatoms. The number of pyridine rings is 1.